The van der Waals surface area contributed by atoms with Crippen molar-refractivity contribution >= 4 is 5.91 Å². The van der Waals surface area contributed by atoms with Crippen LogP contribution >= 0.6 is 0 Å². The molecule has 0 bridgehead atoms. The van der Waals surface area contributed by atoms with Crippen LogP contribution in [-0.4, -0.2) is 30.4 Å². The number of benzene rings is 1. The Labute approximate surface area is 123 Å². The highest BCUT2D eigenvalue weighted by Gasteiger charge is 2.48. The van der Waals surface area contributed by atoms with E-state index in [2.05, 4.69) is 6.92 Å². The average Bonchev–Trinajstić information content (AvgIpc) is 3.17. The second kappa shape index (κ2) is 5.05. The van der Waals surface area contributed by atoms with Crippen molar-refractivity contribution in [3.63, 3.8) is 0 Å². The van der Waals surface area contributed by atoms with E-state index in [1.54, 1.807) is 6.07 Å². The fourth-order valence-electron chi connectivity index (χ4n) is 3.19. The molecule has 5 heteroatoms. The minimum Gasteiger partial charge on any atom is -0.342 e. The first kappa shape index (κ1) is 14.4. The summed E-state index contributed by atoms with van der Waals surface area (Å²) in [6, 6.07) is 3.91. The standard InChI is InChI=1S/C16H20F2N2O/c1-16(8-19)4-5-20(9-16)15(21)12-7-11(12)10-2-3-13(17)14(18)6-10/h2-3,6,11-12H,4-5,7-9,19H2,1H3. The first-order chi connectivity index (χ1) is 9.93. The van der Waals surface area contributed by atoms with Crippen molar-refractivity contribution < 1.29 is 13.6 Å². The predicted octanol–water partition coefficient (Wildman–Crippen LogP) is 2.27. The highest BCUT2D eigenvalue weighted by atomic mass is 19.2. The van der Waals surface area contributed by atoms with E-state index in [0.717, 1.165) is 25.5 Å². The highest BCUT2D eigenvalue weighted by molar-refractivity contribution is 5.83. The van der Waals surface area contributed by atoms with Crippen molar-refractivity contribution in [3.8, 4) is 0 Å². The van der Waals surface area contributed by atoms with E-state index in [1.807, 2.05) is 4.90 Å². The lowest BCUT2D eigenvalue weighted by Gasteiger charge is -2.22. The van der Waals surface area contributed by atoms with Crippen molar-refractivity contribution in [3.05, 3.63) is 35.4 Å². The fraction of sp³-hybridized carbons (Fsp3) is 0.562. The number of nitrogens with two attached hydrogens (primary N) is 1. The van der Waals surface area contributed by atoms with Crippen LogP contribution in [0.15, 0.2) is 18.2 Å². The molecule has 1 aromatic carbocycles. The lowest BCUT2D eigenvalue weighted by atomic mass is 9.90. The van der Waals surface area contributed by atoms with Crippen molar-refractivity contribution in [2.75, 3.05) is 19.6 Å². The van der Waals surface area contributed by atoms with Crippen molar-refractivity contribution in [1.82, 2.24) is 4.90 Å². The first-order valence-electron chi connectivity index (χ1n) is 7.37. The second-order valence-corrected chi connectivity index (χ2v) is 6.65. The number of hydrogen-bond acceptors (Lipinski definition) is 2. The molecule has 1 saturated heterocycles. The van der Waals surface area contributed by atoms with Crippen molar-refractivity contribution in [2.45, 2.75) is 25.7 Å². The van der Waals surface area contributed by atoms with Crippen LogP contribution in [0.2, 0.25) is 0 Å². The molecule has 3 rings (SSSR count). The summed E-state index contributed by atoms with van der Waals surface area (Å²) in [6.45, 7) is 4.12. The maximum absolute atomic E-state index is 13.3. The zero-order valence-electron chi connectivity index (χ0n) is 12.1. The summed E-state index contributed by atoms with van der Waals surface area (Å²) >= 11 is 0. The Kier molecular flexibility index (Phi) is 3.48. The molecule has 2 N–H and O–H groups in total. The van der Waals surface area contributed by atoms with E-state index in [9.17, 15) is 13.6 Å². The molecule has 1 heterocycles. The molecule has 3 atom stereocenters. The fourth-order valence-corrected chi connectivity index (χ4v) is 3.19. The van der Waals surface area contributed by atoms with Gasteiger partial charge in [-0.1, -0.05) is 13.0 Å². The van der Waals surface area contributed by atoms with Gasteiger partial charge in [0.25, 0.3) is 0 Å². The lowest BCUT2D eigenvalue weighted by Crippen LogP contribution is -2.35. The number of likely N-dealkylation sites (tertiary alicyclic amines) is 1. The average molecular weight is 294 g/mol. The molecular formula is C16H20F2N2O. The summed E-state index contributed by atoms with van der Waals surface area (Å²) in [4.78, 5) is 14.3. The van der Waals surface area contributed by atoms with Crippen molar-refractivity contribution in [2.24, 2.45) is 17.1 Å². The molecule has 0 spiro atoms. The molecule has 3 unspecified atom stereocenters. The Balaban J connectivity index is 1.65. The Bertz CT molecular complexity index is 577. The van der Waals surface area contributed by atoms with Crippen LogP contribution in [0.3, 0.4) is 0 Å². The molecule has 1 aliphatic heterocycles. The van der Waals surface area contributed by atoms with Crippen molar-refractivity contribution in [1.29, 1.82) is 0 Å². The highest BCUT2D eigenvalue weighted by Crippen LogP contribution is 2.49. The molecule has 1 aliphatic carbocycles. The number of rotatable bonds is 3. The van der Waals surface area contributed by atoms with Crippen LogP contribution in [0, 0.1) is 23.0 Å². The minimum absolute atomic E-state index is 0.0159. The summed E-state index contributed by atoms with van der Waals surface area (Å²) < 4.78 is 26.2. The molecule has 2 aliphatic rings. The zero-order valence-corrected chi connectivity index (χ0v) is 12.1. The minimum atomic E-state index is -0.847. The van der Waals surface area contributed by atoms with Gasteiger partial charge in [-0.25, -0.2) is 8.78 Å². The van der Waals surface area contributed by atoms with Crippen LogP contribution < -0.4 is 5.73 Å². The van der Waals surface area contributed by atoms with Gasteiger partial charge in [-0.3, -0.25) is 4.79 Å². The molecule has 0 aromatic heterocycles. The Morgan fingerprint density at radius 3 is 2.81 bits per heavy atom. The number of amides is 1. The molecule has 0 radical (unpaired) electrons. The molecule has 2 fully saturated rings. The van der Waals surface area contributed by atoms with Crippen LogP contribution in [0.5, 0.6) is 0 Å². The number of nitrogens with zero attached hydrogens (tertiary/aromatic N) is 1. The maximum Gasteiger partial charge on any atom is 0.226 e. The smallest absolute Gasteiger partial charge is 0.226 e. The van der Waals surface area contributed by atoms with Gasteiger partial charge in [0, 0.05) is 19.0 Å². The molecule has 1 amide bonds. The normalized spacial score (nSPS) is 31.5. The zero-order chi connectivity index (χ0) is 15.2. The van der Waals surface area contributed by atoms with E-state index in [0.29, 0.717) is 18.7 Å². The summed E-state index contributed by atoms with van der Waals surface area (Å²) in [7, 11) is 0. The third-order valence-electron chi connectivity index (χ3n) is 4.84. The quantitative estimate of drug-likeness (QED) is 0.929. The number of carbonyl (C=O) groups excluding carboxylic acids is 1. The Morgan fingerprint density at radius 2 is 2.19 bits per heavy atom. The summed E-state index contributed by atoms with van der Waals surface area (Å²) in [5.74, 6) is -1.63. The van der Waals surface area contributed by atoms with E-state index in [1.165, 1.54) is 6.07 Å². The van der Waals surface area contributed by atoms with E-state index in [4.69, 9.17) is 5.73 Å². The molecule has 1 aromatic rings. The summed E-state index contributed by atoms with van der Waals surface area (Å²) in [6.07, 6.45) is 1.65. The van der Waals surface area contributed by atoms with Gasteiger partial charge in [0.1, 0.15) is 0 Å². The number of halogens is 2. The van der Waals surface area contributed by atoms with E-state index < -0.39 is 11.6 Å². The van der Waals surface area contributed by atoms with Crippen LogP contribution in [-0.2, 0) is 4.79 Å². The second-order valence-electron chi connectivity index (χ2n) is 6.65. The van der Waals surface area contributed by atoms with E-state index in [-0.39, 0.29) is 23.2 Å². The van der Waals surface area contributed by atoms with Gasteiger partial charge in [-0.05, 0) is 48.4 Å². The third-order valence-corrected chi connectivity index (χ3v) is 4.84. The monoisotopic (exact) mass is 294 g/mol. The largest absolute Gasteiger partial charge is 0.342 e. The summed E-state index contributed by atoms with van der Waals surface area (Å²) in [5.41, 5.74) is 6.49. The van der Waals surface area contributed by atoms with Crippen LogP contribution in [0.25, 0.3) is 0 Å². The number of carbonyl (C=O) groups is 1. The SMILES string of the molecule is CC1(CN)CCN(C(=O)C2CC2c2ccc(F)c(F)c2)C1. The van der Waals surface area contributed by atoms with Gasteiger partial charge in [0.2, 0.25) is 5.91 Å². The molecule has 3 nitrogen and oxygen atoms in total. The first-order valence-corrected chi connectivity index (χ1v) is 7.37. The van der Waals surface area contributed by atoms with Gasteiger partial charge in [-0.15, -0.1) is 0 Å². The lowest BCUT2D eigenvalue weighted by molar-refractivity contribution is -0.132. The maximum atomic E-state index is 13.3. The van der Waals surface area contributed by atoms with Gasteiger partial charge < -0.3 is 10.6 Å². The molecule has 114 valence electrons. The van der Waals surface area contributed by atoms with Gasteiger partial charge >= 0.3 is 0 Å². The Morgan fingerprint density at radius 1 is 1.43 bits per heavy atom. The number of hydrogen-bond donors (Lipinski definition) is 1. The summed E-state index contributed by atoms with van der Waals surface area (Å²) in [5, 5.41) is 0. The van der Waals surface area contributed by atoms with Gasteiger partial charge in [0.15, 0.2) is 11.6 Å². The van der Waals surface area contributed by atoms with Gasteiger partial charge in [-0.2, -0.15) is 0 Å². The Hall–Kier alpha value is -1.49. The van der Waals surface area contributed by atoms with Gasteiger partial charge in [0.05, 0.1) is 0 Å². The van der Waals surface area contributed by atoms with Crippen LogP contribution in [0.4, 0.5) is 8.78 Å². The molecule has 1 saturated carbocycles. The molecule has 21 heavy (non-hydrogen) atoms. The van der Waals surface area contributed by atoms with E-state index >= 15 is 0 Å². The predicted molar refractivity (Wildman–Crippen MR) is 75.6 cm³/mol. The topological polar surface area (TPSA) is 46.3 Å². The molecular weight excluding hydrogens is 274 g/mol. The third kappa shape index (κ3) is 2.67. The van der Waals surface area contributed by atoms with Crippen LogP contribution in [0.1, 0.15) is 31.2 Å².